The minimum atomic E-state index is -3.20. The van der Waals surface area contributed by atoms with Crippen LogP contribution in [0.15, 0.2) is 54.7 Å². The van der Waals surface area contributed by atoms with Gasteiger partial charge >= 0.3 is 0 Å². The van der Waals surface area contributed by atoms with Crippen LogP contribution in [0, 0.1) is 0 Å². The summed E-state index contributed by atoms with van der Waals surface area (Å²) >= 11 is 18.5. The summed E-state index contributed by atoms with van der Waals surface area (Å²) in [6.45, 7) is 1.01. The van der Waals surface area contributed by atoms with Crippen molar-refractivity contribution < 1.29 is 8.42 Å². The van der Waals surface area contributed by atoms with Gasteiger partial charge in [0.2, 0.25) is 10.0 Å². The normalized spacial score (nSPS) is 11.7. The van der Waals surface area contributed by atoms with Gasteiger partial charge in [0.25, 0.3) is 0 Å². The van der Waals surface area contributed by atoms with Gasteiger partial charge in [-0.2, -0.15) is 0 Å². The molecule has 0 saturated carbocycles. The first kappa shape index (κ1) is 21.2. The number of halogens is 3. The highest BCUT2D eigenvalue weighted by molar-refractivity contribution is 7.88. The summed E-state index contributed by atoms with van der Waals surface area (Å²) in [5.74, 6) is 0. The molecule has 1 N–H and O–H groups in total. The van der Waals surface area contributed by atoms with E-state index in [1.54, 1.807) is 6.07 Å². The van der Waals surface area contributed by atoms with Crippen LogP contribution >= 0.6 is 34.8 Å². The first-order valence-electron chi connectivity index (χ1n) is 8.60. The number of hydrogen-bond acceptors (Lipinski definition) is 2. The SMILES string of the molecule is CS(=O)(=O)NCCCn1ccc(-c2ccc(Cl)cc2Cl)c1-c1ccc(Cl)cc1. The van der Waals surface area contributed by atoms with Crippen LogP contribution in [-0.2, 0) is 16.6 Å². The van der Waals surface area contributed by atoms with Crippen molar-refractivity contribution in [3.8, 4) is 22.4 Å². The summed E-state index contributed by atoms with van der Waals surface area (Å²) in [4.78, 5) is 0. The molecule has 8 heteroatoms. The molecule has 0 fully saturated rings. The quantitative estimate of drug-likeness (QED) is 0.461. The first-order valence-corrected chi connectivity index (χ1v) is 11.6. The van der Waals surface area contributed by atoms with E-state index in [1.807, 2.05) is 48.7 Å². The van der Waals surface area contributed by atoms with Crippen LogP contribution in [-0.4, -0.2) is 25.8 Å². The van der Waals surface area contributed by atoms with Crippen molar-refractivity contribution in [2.75, 3.05) is 12.8 Å². The smallest absolute Gasteiger partial charge is 0.208 e. The van der Waals surface area contributed by atoms with Crippen molar-refractivity contribution in [2.24, 2.45) is 0 Å². The molecule has 0 aliphatic rings. The lowest BCUT2D eigenvalue weighted by Crippen LogP contribution is -2.23. The second-order valence-electron chi connectivity index (χ2n) is 6.42. The standard InChI is InChI=1S/C20H19Cl3N2O2S/c1-28(26,27)24-10-2-11-25-12-9-18(17-8-7-16(22)13-19(17)23)20(25)14-3-5-15(21)6-4-14/h3-9,12-13,24H,2,10-11H2,1H3. The van der Waals surface area contributed by atoms with Gasteiger partial charge in [-0.25, -0.2) is 13.1 Å². The molecule has 2 aromatic carbocycles. The van der Waals surface area contributed by atoms with Crippen LogP contribution in [0.5, 0.6) is 0 Å². The number of hydrogen-bond donors (Lipinski definition) is 1. The summed E-state index contributed by atoms with van der Waals surface area (Å²) in [6.07, 6.45) is 3.78. The third-order valence-electron chi connectivity index (χ3n) is 4.24. The average molecular weight is 458 g/mol. The zero-order valence-corrected chi connectivity index (χ0v) is 18.2. The number of sulfonamides is 1. The Morgan fingerprint density at radius 3 is 2.25 bits per heavy atom. The van der Waals surface area contributed by atoms with Crippen LogP contribution < -0.4 is 4.72 Å². The second-order valence-corrected chi connectivity index (χ2v) is 9.54. The second kappa shape index (κ2) is 8.89. The maximum absolute atomic E-state index is 11.3. The third kappa shape index (κ3) is 5.31. The predicted octanol–water partition coefficient (Wildman–Crippen LogP) is 5.72. The average Bonchev–Trinajstić information content (AvgIpc) is 3.02. The molecule has 1 heterocycles. The van der Waals surface area contributed by atoms with E-state index >= 15 is 0 Å². The molecule has 4 nitrogen and oxygen atoms in total. The van der Waals surface area contributed by atoms with E-state index < -0.39 is 10.0 Å². The molecule has 0 unspecified atom stereocenters. The van der Waals surface area contributed by atoms with E-state index in [0.29, 0.717) is 34.6 Å². The summed E-state index contributed by atoms with van der Waals surface area (Å²) in [5, 5.41) is 1.80. The molecule has 0 amide bonds. The Labute approximate surface area is 180 Å². The third-order valence-corrected chi connectivity index (χ3v) is 5.77. The van der Waals surface area contributed by atoms with Gasteiger partial charge in [-0.15, -0.1) is 0 Å². The van der Waals surface area contributed by atoms with Crippen LogP contribution in [0.3, 0.4) is 0 Å². The number of nitrogens with one attached hydrogen (secondary N) is 1. The summed E-state index contributed by atoms with van der Waals surface area (Å²) < 4.78 is 27.1. The van der Waals surface area contributed by atoms with Gasteiger partial charge in [0.15, 0.2) is 0 Å². The molecule has 0 aliphatic heterocycles. The zero-order valence-electron chi connectivity index (χ0n) is 15.1. The molecule has 0 aliphatic carbocycles. The Morgan fingerprint density at radius 2 is 1.61 bits per heavy atom. The summed E-state index contributed by atoms with van der Waals surface area (Å²) in [5.41, 5.74) is 3.83. The van der Waals surface area contributed by atoms with Gasteiger partial charge in [-0.1, -0.05) is 53.0 Å². The fourth-order valence-electron chi connectivity index (χ4n) is 3.02. The van der Waals surface area contributed by atoms with E-state index in [1.165, 1.54) is 0 Å². The molecule has 0 radical (unpaired) electrons. The monoisotopic (exact) mass is 456 g/mol. The molecule has 0 bridgehead atoms. The van der Waals surface area contributed by atoms with Crippen LogP contribution in [0.1, 0.15) is 6.42 Å². The maximum Gasteiger partial charge on any atom is 0.208 e. The number of benzene rings is 2. The Morgan fingerprint density at radius 1 is 0.929 bits per heavy atom. The first-order chi connectivity index (χ1) is 13.2. The molecule has 1 aromatic heterocycles. The highest BCUT2D eigenvalue weighted by Crippen LogP contribution is 2.38. The molecule has 3 rings (SSSR count). The Kier molecular flexibility index (Phi) is 6.73. The highest BCUT2D eigenvalue weighted by atomic mass is 35.5. The zero-order chi connectivity index (χ0) is 20.3. The van der Waals surface area contributed by atoms with Gasteiger partial charge < -0.3 is 4.57 Å². The topological polar surface area (TPSA) is 51.1 Å². The number of aromatic nitrogens is 1. The molecule has 3 aromatic rings. The molecule has 148 valence electrons. The van der Waals surface area contributed by atoms with Gasteiger partial charge in [0, 0.05) is 45.5 Å². The molecular formula is C20H19Cl3N2O2S. The Hall–Kier alpha value is -1.50. The number of aryl methyl sites for hydroxylation is 1. The lowest BCUT2D eigenvalue weighted by Gasteiger charge is -2.13. The fraction of sp³-hybridized carbons (Fsp3) is 0.200. The van der Waals surface area contributed by atoms with E-state index in [2.05, 4.69) is 9.29 Å². The maximum atomic E-state index is 11.3. The lowest BCUT2D eigenvalue weighted by molar-refractivity contribution is 0.576. The van der Waals surface area contributed by atoms with E-state index in [-0.39, 0.29) is 0 Å². The van der Waals surface area contributed by atoms with E-state index in [4.69, 9.17) is 34.8 Å². The summed E-state index contributed by atoms with van der Waals surface area (Å²) in [6, 6.07) is 15.0. The molecule has 0 spiro atoms. The molecular weight excluding hydrogens is 439 g/mol. The van der Waals surface area contributed by atoms with Gasteiger partial charge in [0.1, 0.15) is 0 Å². The minimum absolute atomic E-state index is 0.369. The van der Waals surface area contributed by atoms with E-state index in [0.717, 1.165) is 28.6 Å². The van der Waals surface area contributed by atoms with Crippen molar-refractivity contribution in [3.05, 3.63) is 69.8 Å². The van der Waals surface area contributed by atoms with Crippen molar-refractivity contribution >= 4 is 44.8 Å². The Bertz CT molecular complexity index is 1080. The van der Waals surface area contributed by atoms with Crippen molar-refractivity contribution in [3.63, 3.8) is 0 Å². The number of nitrogens with zero attached hydrogens (tertiary/aromatic N) is 1. The molecule has 0 saturated heterocycles. The minimum Gasteiger partial charge on any atom is -0.347 e. The van der Waals surface area contributed by atoms with Crippen molar-refractivity contribution in [1.82, 2.24) is 9.29 Å². The van der Waals surface area contributed by atoms with Crippen LogP contribution in [0.2, 0.25) is 15.1 Å². The molecule has 28 heavy (non-hydrogen) atoms. The predicted molar refractivity (Wildman–Crippen MR) is 118 cm³/mol. The summed E-state index contributed by atoms with van der Waals surface area (Å²) in [7, 11) is -3.20. The lowest BCUT2D eigenvalue weighted by atomic mass is 10.0. The fourth-order valence-corrected chi connectivity index (χ4v) is 4.17. The van der Waals surface area contributed by atoms with Crippen molar-refractivity contribution in [1.29, 1.82) is 0 Å². The van der Waals surface area contributed by atoms with Gasteiger partial charge in [-0.05, 0) is 42.3 Å². The number of rotatable bonds is 7. The van der Waals surface area contributed by atoms with E-state index in [9.17, 15) is 8.42 Å². The van der Waals surface area contributed by atoms with Gasteiger partial charge in [0.05, 0.1) is 11.9 Å². The van der Waals surface area contributed by atoms with Crippen LogP contribution in [0.4, 0.5) is 0 Å². The highest BCUT2D eigenvalue weighted by Gasteiger charge is 2.16. The largest absolute Gasteiger partial charge is 0.347 e. The molecule has 0 atom stereocenters. The van der Waals surface area contributed by atoms with Gasteiger partial charge in [-0.3, -0.25) is 0 Å². The van der Waals surface area contributed by atoms with Crippen LogP contribution in [0.25, 0.3) is 22.4 Å². The van der Waals surface area contributed by atoms with Crippen molar-refractivity contribution in [2.45, 2.75) is 13.0 Å². The Balaban J connectivity index is 1.98.